The van der Waals surface area contributed by atoms with Gasteiger partial charge in [0.15, 0.2) is 10.4 Å². The topological polar surface area (TPSA) is 55.6 Å². The zero-order chi connectivity index (χ0) is 15.5. The van der Waals surface area contributed by atoms with Crippen LogP contribution in [0, 0.1) is 6.92 Å². The van der Waals surface area contributed by atoms with Crippen LogP contribution in [0.25, 0.3) is 0 Å². The summed E-state index contributed by atoms with van der Waals surface area (Å²) in [5.74, 6) is 1.08. The van der Waals surface area contributed by atoms with Crippen LogP contribution in [0.2, 0.25) is 0 Å². The molecule has 0 unspecified atom stereocenters. The number of amides is 1. The molecule has 0 spiro atoms. The van der Waals surface area contributed by atoms with Crippen molar-refractivity contribution in [2.45, 2.75) is 25.9 Å². The van der Waals surface area contributed by atoms with Crippen molar-refractivity contribution >= 4 is 21.8 Å². The Balaban J connectivity index is 1.54. The number of pyridine rings is 1. The van der Waals surface area contributed by atoms with E-state index in [9.17, 15) is 4.79 Å². The summed E-state index contributed by atoms with van der Waals surface area (Å²) in [5.41, 5.74) is 0.970. The van der Waals surface area contributed by atoms with E-state index < -0.39 is 0 Å². The number of likely N-dealkylation sites (tertiary alicyclic amines) is 1. The number of piperidine rings is 1. The molecular weight excluding hydrogens is 348 g/mol. The summed E-state index contributed by atoms with van der Waals surface area (Å²) >= 11 is 3.21. The molecule has 1 amide bonds. The lowest BCUT2D eigenvalue weighted by molar-refractivity contribution is 0.0565. The molecule has 2 aromatic rings. The van der Waals surface area contributed by atoms with Gasteiger partial charge in [0.1, 0.15) is 11.9 Å². The Morgan fingerprint density at radius 1 is 1.32 bits per heavy atom. The van der Waals surface area contributed by atoms with Crippen molar-refractivity contribution in [1.82, 2.24) is 9.88 Å². The molecule has 0 radical (unpaired) electrons. The van der Waals surface area contributed by atoms with E-state index in [1.54, 1.807) is 23.2 Å². The van der Waals surface area contributed by atoms with E-state index in [-0.39, 0.29) is 12.0 Å². The van der Waals surface area contributed by atoms with Crippen LogP contribution in [-0.4, -0.2) is 35.0 Å². The molecule has 1 aliphatic rings. The minimum atomic E-state index is -0.0684. The number of rotatable bonds is 3. The number of aryl methyl sites for hydroxylation is 1. The molecule has 0 saturated carbocycles. The summed E-state index contributed by atoms with van der Waals surface area (Å²) in [4.78, 5) is 18.3. The number of ether oxygens (including phenoxy) is 1. The molecule has 3 rings (SSSR count). The fourth-order valence-electron chi connectivity index (χ4n) is 2.48. The standard InChI is InChI=1S/C16H17BrN2O3/c1-11-2-3-13(10-18-11)21-12-6-8-19(9-7-12)16(20)14-4-5-15(17)22-14/h2-5,10,12H,6-9H2,1H3. The summed E-state index contributed by atoms with van der Waals surface area (Å²) in [5, 5.41) is 0. The summed E-state index contributed by atoms with van der Waals surface area (Å²) in [6.07, 6.45) is 3.48. The van der Waals surface area contributed by atoms with Gasteiger partial charge >= 0.3 is 0 Å². The second kappa shape index (κ2) is 6.52. The van der Waals surface area contributed by atoms with Crippen LogP contribution in [0.15, 0.2) is 39.5 Å². The number of aromatic nitrogens is 1. The molecule has 3 heterocycles. The number of furan rings is 1. The van der Waals surface area contributed by atoms with Crippen LogP contribution in [0.3, 0.4) is 0 Å². The molecule has 116 valence electrons. The van der Waals surface area contributed by atoms with Crippen molar-refractivity contribution in [3.63, 3.8) is 0 Å². The molecule has 6 heteroatoms. The quantitative estimate of drug-likeness (QED) is 0.836. The zero-order valence-corrected chi connectivity index (χ0v) is 13.9. The van der Waals surface area contributed by atoms with Crippen LogP contribution in [0.5, 0.6) is 5.75 Å². The highest BCUT2D eigenvalue weighted by Crippen LogP contribution is 2.21. The lowest BCUT2D eigenvalue weighted by atomic mass is 10.1. The monoisotopic (exact) mass is 364 g/mol. The van der Waals surface area contributed by atoms with Crippen molar-refractivity contribution in [2.24, 2.45) is 0 Å². The molecule has 5 nitrogen and oxygen atoms in total. The van der Waals surface area contributed by atoms with Crippen LogP contribution in [0.4, 0.5) is 0 Å². The van der Waals surface area contributed by atoms with E-state index in [1.165, 1.54) is 0 Å². The first-order valence-corrected chi connectivity index (χ1v) is 8.05. The number of halogens is 1. The first-order chi connectivity index (χ1) is 10.6. The van der Waals surface area contributed by atoms with Gasteiger partial charge in [-0.3, -0.25) is 9.78 Å². The predicted molar refractivity (Wildman–Crippen MR) is 84.9 cm³/mol. The molecule has 0 atom stereocenters. The molecule has 1 aliphatic heterocycles. The summed E-state index contributed by atoms with van der Waals surface area (Å²) in [6.45, 7) is 3.28. The zero-order valence-electron chi connectivity index (χ0n) is 12.3. The highest BCUT2D eigenvalue weighted by atomic mass is 79.9. The van der Waals surface area contributed by atoms with Crippen molar-refractivity contribution in [1.29, 1.82) is 0 Å². The minimum Gasteiger partial charge on any atom is -0.489 e. The third-order valence-electron chi connectivity index (χ3n) is 3.70. The van der Waals surface area contributed by atoms with Gasteiger partial charge in [0.25, 0.3) is 5.91 Å². The lowest BCUT2D eigenvalue weighted by Gasteiger charge is -2.31. The van der Waals surface area contributed by atoms with Crippen LogP contribution < -0.4 is 4.74 Å². The third-order valence-corrected chi connectivity index (χ3v) is 4.13. The Kier molecular flexibility index (Phi) is 4.47. The van der Waals surface area contributed by atoms with Gasteiger partial charge in [0.2, 0.25) is 0 Å². The Labute approximate surface area is 137 Å². The largest absolute Gasteiger partial charge is 0.489 e. The normalized spacial score (nSPS) is 15.8. The number of carbonyl (C=O) groups is 1. The van der Waals surface area contributed by atoms with Gasteiger partial charge in [-0.1, -0.05) is 0 Å². The van der Waals surface area contributed by atoms with Gasteiger partial charge in [0, 0.05) is 31.6 Å². The van der Waals surface area contributed by atoms with Crippen molar-refractivity contribution < 1.29 is 13.9 Å². The predicted octanol–water partition coefficient (Wildman–Crippen LogP) is 3.43. The number of hydrogen-bond donors (Lipinski definition) is 0. The van der Waals surface area contributed by atoms with Gasteiger partial charge in [-0.25, -0.2) is 0 Å². The molecular formula is C16H17BrN2O3. The Morgan fingerprint density at radius 3 is 2.68 bits per heavy atom. The van der Waals surface area contributed by atoms with E-state index in [1.807, 2.05) is 19.1 Å². The first-order valence-electron chi connectivity index (χ1n) is 7.26. The highest BCUT2D eigenvalue weighted by molar-refractivity contribution is 9.10. The maximum Gasteiger partial charge on any atom is 0.289 e. The van der Waals surface area contributed by atoms with E-state index in [4.69, 9.17) is 9.15 Å². The van der Waals surface area contributed by atoms with E-state index in [0.717, 1.165) is 24.3 Å². The smallest absolute Gasteiger partial charge is 0.289 e. The van der Waals surface area contributed by atoms with Gasteiger partial charge in [0.05, 0.1) is 6.20 Å². The molecule has 2 aromatic heterocycles. The van der Waals surface area contributed by atoms with Gasteiger partial charge < -0.3 is 14.1 Å². The van der Waals surface area contributed by atoms with Crippen LogP contribution in [0.1, 0.15) is 29.1 Å². The Hall–Kier alpha value is -1.82. The van der Waals surface area contributed by atoms with Crippen molar-refractivity contribution in [3.8, 4) is 5.75 Å². The number of carbonyl (C=O) groups excluding carboxylic acids is 1. The van der Waals surface area contributed by atoms with Crippen LogP contribution >= 0.6 is 15.9 Å². The summed E-state index contributed by atoms with van der Waals surface area (Å²) < 4.78 is 11.8. The van der Waals surface area contributed by atoms with Crippen molar-refractivity contribution in [2.75, 3.05) is 13.1 Å². The maximum atomic E-state index is 12.3. The Bertz CT molecular complexity index is 646. The fraction of sp³-hybridized carbons (Fsp3) is 0.375. The summed E-state index contributed by atoms with van der Waals surface area (Å²) in [6, 6.07) is 7.28. The number of hydrogen-bond acceptors (Lipinski definition) is 4. The highest BCUT2D eigenvalue weighted by Gasteiger charge is 2.26. The van der Waals surface area contributed by atoms with Gasteiger partial charge in [-0.15, -0.1) is 0 Å². The molecule has 0 aliphatic carbocycles. The average Bonchev–Trinajstić information content (AvgIpc) is 2.96. The van der Waals surface area contributed by atoms with Gasteiger partial charge in [-0.05, 0) is 47.1 Å². The fourth-order valence-corrected chi connectivity index (χ4v) is 2.78. The number of nitrogens with zero attached hydrogens (tertiary/aromatic N) is 2. The molecule has 1 fully saturated rings. The maximum absolute atomic E-state index is 12.3. The molecule has 0 aromatic carbocycles. The van der Waals surface area contributed by atoms with E-state index in [2.05, 4.69) is 20.9 Å². The third kappa shape index (κ3) is 3.50. The molecule has 1 saturated heterocycles. The first kappa shape index (κ1) is 15.1. The molecule has 0 N–H and O–H groups in total. The van der Waals surface area contributed by atoms with Gasteiger partial charge in [-0.2, -0.15) is 0 Å². The van der Waals surface area contributed by atoms with E-state index >= 15 is 0 Å². The van der Waals surface area contributed by atoms with Crippen LogP contribution in [-0.2, 0) is 0 Å². The summed E-state index contributed by atoms with van der Waals surface area (Å²) in [7, 11) is 0. The molecule has 22 heavy (non-hydrogen) atoms. The average molecular weight is 365 g/mol. The van der Waals surface area contributed by atoms with Crippen molar-refractivity contribution in [3.05, 3.63) is 46.6 Å². The second-order valence-corrected chi connectivity index (χ2v) is 6.13. The second-order valence-electron chi connectivity index (χ2n) is 5.35. The molecule has 0 bridgehead atoms. The van der Waals surface area contributed by atoms with E-state index in [0.29, 0.717) is 23.5 Å². The Morgan fingerprint density at radius 2 is 2.09 bits per heavy atom. The minimum absolute atomic E-state index is 0.0684. The lowest BCUT2D eigenvalue weighted by Crippen LogP contribution is -2.41. The SMILES string of the molecule is Cc1ccc(OC2CCN(C(=O)c3ccc(Br)o3)CC2)cn1.